The quantitative estimate of drug-likeness (QED) is 0.533. The maximum absolute atomic E-state index is 13.1. The first-order valence-electron chi connectivity index (χ1n) is 9.96. The van der Waals surface area contributed by atoms with Gasteiger partial charge in [0.15, 0.2) is 6.29 Å². The summed E-state index contributed by atoms with van der Waals surface area (Å²) in [5.74, 6) is 1.47. The molecule has 1 aliphatic carbocycles. The number of nitrogens with zero attached hydrogens (tertiary/aromatic N) is 1. The summed E-state index contributed by atoms with van der Waals surface area (Å²) in [7, 11) is 0. The van der Waals surface area contributed by atoms with Crippen LogP contribution in [0.3, 0.4) is 0 Å². The van der Waals surface area contributed by atoms with Crippen molar-refractivity contribution >= 4 is 34.1 Å². The van der Waals surface area contributed by atoms with Gasteiger partial charge in [-0.15, -0.1) is 0 Å². The Kier molecular flexibility index (Phi) is 4.26. The average Bonchev–Trinajstić information content (AvgIpc) is 3.33. The normalized spacial score (nSPS) is 20.2. The van der Waals surface area contributed by atoms with Crippen LogP contribution in [0.5, 0.6) is 0 Å². The number of carbonyl (C=O) groups excluding carboxylic acids is 1. The van der Waals surface area contributed by atoms with Gasteiger partial charge in [0.1, 0.15) is 0 Å². The maximum Gasteiger partial charge on any atom is 0.263 e. The van der Waals surface area contributed by atoms with Crippen LogP contribution in [0, 0.1) is 18.8 Å². The number of piperidine rings is 1. The third kappa shape index (κ3) is 3.15. The van der Waals surface area contributed by atoms with Crippen molar-refractivity contribution in [1.29, 1.82) is 0 Å². The molecule has 5 heteroatoms. The Labute approximate surface area is 168 Å². The molecule has 2 atom stereocenters. The topological polar surface area (TPSA) is 32.3 Å². The van der Waals surface area contributed by atoms with Gasteiger partial charge >= 0.3 is 0 Å². The van der Waals surface area contributed by atoms with E-state index in [0.717, 1.165) is 58.9 Å². The number of fused-ring (bicyclic) bond motifs is 2. The second kappa shape index (κ2) is 6.83. The number of nitrogens with one attached hydrogen (secondary N) is 1. The van der Waals surface area contributed by atoms with Crippen LogP contribution in [-0.2, 0) is 0 Å². The molecule has 2 fully saturated rings. The molecule has 1 saturated carbocycles. The summed E-state index contributed by atoms with van der Waals surface area (Å²) in [5, 5.41) is 5.17. The summed E-state index contributed by atoms with van der Waals surface area (Å²) in [6.07, 6.45) is -0.277. The lowest BCUT2D eigenvalue weighted by Crippen LogP contribution is -2.23. The smallest absolute Gasteiger partial charge is 0.263 e. The van der Waals surface area contributed by atoms with Gasteiger partial charge in [-0.1, -0.05) is 30.3 Å². The molecule has 0 spiro atoms. The highest BCUT2D eigenvalue weighted by Crippen LogP contribution is 2.48. The minimum atomic E-state index is -2.51. The molecular formula is C24H22F2N2O. The van der Waals surface area contributed by atoms with Crippen LogP contribution >= 0.6 is 0 Å². The molecule has 2 aliphatic rings. The Bertz CT molecular complexity index is 1100. The highest BCUT2D eigenvalue weighted by molar-refractivity contribution is 6.11. The minimum Gasteiger partial charge on any atom is -0.370 e. The molecule has 148 valence electrons. The van der Waals surface area contributed by atoms with Crippen molar-refractivity contribution in [3.63, 3.8) is 0 Å². The van der Waals surface area contributed by atoms with E-state index >= 15 is 0 Å². The van der Waals surface area contributed by atoms with E-state index in [2.05, 4.69) is 10.2 Å². The van der Waals surface area contributed by atoms with Crippen molar-refractivity contribution in [2.75, 3.05) is 23.3 Å². The maximum atomic E-state index is 13.1. The van der Waals surface area contributed by atoms with Gasteiger partial charge in [0, 0.05) is 41.0 Å². The Morgan fingerprint density at radius 1 is 1.10 bits per heavy atom. The van der Waals surface area contributed by atoms with Crippen molar-refractivity contribution in [3.8, 4) is 0 Å². The second-order valence-corrected chi connectivity index (χ2v) is 8.18. The zero-order valence-electron chi connectivity index (χ0n) is 16.2. The molecule has 3 nitrogen and oxygen atoms in total. The van der Waals surface area contributed by atoms with Gasteiger partial charge in [-0.25, -0.2) is 8.78 Å². The van der Waals surface area contributed by atoms with Crippen molar-refractivity contribution in [3.05, 3.63) is 65.2 Å². The first-order valence-corrected chi connectivity index (χ1v) is 9.96. The largest absolute Gasteiger partial charge is 0.370 e. The first-order chi connectivity index (χ1) is 14.0. The number of rotatable bonds is 5. The monoisotopic (exact) mass is 392 g/mol. The van der Waals surface area contributed by atoms with E-state index in [1.807, 2.05) is 31.2 Å². The minimum absolute atomic E-state index is 0.0140. The van der Waals surface area contributed by atoms with Crippen molar-refractivity contribution in [2.45, 2.75) is 19.8 Å². The van der Waals surface area contributed by atoms with Crippen molar-refractivity contribution < 1.29 is 13.6 Å². The van der Waals surface area contributed by atoms with Crippen LogP contribution in [-0.4, -0.2) is 19.4 Å². The highest BCUT2D eigenvalue weighted by Gasteiger charge is 2.45. The lowest BCUT2D eigenvalue weighted by Gasteiger charge is -2.25. The molecule has 29 heavy (non-hydrogen) atoms. The molecule has 0 radical (unpaired) electrons. The van der Waals surface area contributed by atoms with Gasteiger partial charge in [-0.2, -0.15) is 0 Å². The van der Waals surface area contributed by atoms with Crippen LogP contribution < -0.4 is 10.2 Å². The van der Waals surface area contributed by atoms with Gasteiger partial charge in [0.25, 0.3) is 6.43 Å². The summed E-state index contributed by atoms with van der Waals surface area (Å²) >= 11 is 0. The molecule has 1 N–H and O–H groups in total. The van der Waals surface area contributed by atoms with Crippen LogP contribution in [0.1, 0.15) is 34.3 Å². The highest BCUT2D eigenvalue weighted by atomic mass is 19.3. The summed E-state index contributed by atoms with van der Waals surface area (Å²) in [4.78, 5) is 14.4. The number of aryl methyl sites for hydroxylation is 1. The van der Waals surface area contributed by atoms with Crippen LogP contribution in [0.15, 0.2) is 48.5 Å². The second-order valence-electron chi connectivity index (χ2n) is 8.18. The number of carbonyl (C=O) groups is 1. The first kappa shape index (κ1) is 18.1. The lowest BCUT2D eigenvalue weighted by molar-refractivity contribution is 0.112. The van der Waals surface area contributed by atoms with Gasteiger partial charge in [0.05, 0.1) is 5.69 Å². The van der Waals surface area contributed by atoms with E-state index < -0.39 is 6.43 Å². The molecule has 0 bridgehead atoms. The summed E-state index contributed by atoms with van der Waals surface area (Å²) in [6.45, 7) is 3.95. The average molecular weight is 392 g/mol. The molecule has 2 unspecified atom stereocenters. The van der Waals surface area contributed by atoms with Crippen LogP contribution in [0.2, 0.25) is 0 Å². The number of hydrogen-bond donors (Lipinski definition) is 1. The number of hydrogen-bond acceptors (Lipinski definition) is 3. The zero-order valence-corrected chi connectivity index (χ0v) is 16.2. The van der Waals surface area contributed by atoms with E-state index in [-0.39, 0.29) is 5.56 Å². The Morgan fingerprint density at radius 3 is 2.59 bits per heavy atom. The number of halogens is 2. The lowest BCUT2D eigenvalue weighted by atomic mass is 9.96. The zero-order chi connectivity index (χ0) is 20.1. The van der Waals surface area contributed by atoms with Crippen LogP contribution in [0.25, 0.3) is 10.8 Å². The van der Waals surface area contributed by atoms with E-state index in [1.165, 1.54) is 18.6 Å². The third-order valence-corrected chi connectivity index (χ3v) is 6.24. The molecule has 1 saturated heterocycles. The standard InChI is InChI=1S/C24H22F2N2O/c1-14-4-2-7-19-21(27-18-6-3-5-15(9-18)24(25)26)10-22(20(13-29)23(14)19)28-11-16-8-17(16)12-28/h2-7,9-10,13,16-17,24,27H,8,11-12H2,1H3. The fraction of sp³-hybridized carbons (Fsp3) is 0.292. The van der Waals surface area contributed by atoms with Gasteiger partial charge < -0.3 is 10.2 Å². The van der Waals surface area contributed by atoms with Gasteiger partial charge in [-0.3, -0.25) is 4.79 Å². The molecule has 1 aliphatic heterocycles. The fourth-order valence-electron chi connectivity index (χ4n) is 4.66. The number of benzene rings is 3. The molecule has 3 aromatic carbocycles. The molecular weight excluding hydrogens is 370 g/mol. The number of anilines is 3. The number of aldehydes is 1. The SMILES string of the molecule is Cc1cccc2c(Nc3cccc(C(F)F)c3)cc(N3CC4CC4C3)c(C=O)c12. The Hall–Kier alpha value is -2.95. The summed E-state index contributed by atoms with van der Waals surface area (Å²) in [5.41, 5.74) is 4.10. The van der Waals surface area contributed by atoms with Crippen molar-refractivity contribution in [1.82, 2.24) is 0 Å². The Morgan fingerprint density at radius 2 is 1.86 bits per heavy atom. The van der Waals surface area contributed by atoms with E-state index in [9.17, 15) is 13.6 Å². The molecule has 0 aromatic heterocycles. The summed E-state index contributed by atoms with van der Waals surface area (Å²) in [6, 6.07) is 14.3. The molecule has 3 aromatic rings. The predicted octanol–water partition coefficient (Wildman–Crippen LogP) is 6.10. The Balaban J connectivity index is 1.65. The number of alkyl halides is 2. The van der Waals surface area contributed by atoms with Crippen LogP contribution in [0.4, 0.5) is 25.8 Å². The molecule has 5 rings (SSSR count). The van der Waals surface area contributed by atoms with Gasteiger partial charge in [-0.05, 0) is 54.3 Å². The van der Waals surface area contributed by atoms with Gasteiger partial charge in [0.2, 0.25) is 0 Å². The summed E-state index contributed by atoms with van der Waals surface area (Å²) < 4.78 is 26.3. The van der Waals surface area contributed by atoms with E-state index in [4.69, 9.17) is 0 Å². The van der Waals surface area contributed by atoms with E-state index in [0.29, 0.717) is 11.3 Å². The molecule has 0 amide bonds. The fourth-order valence-corrected chi connectivity index (χ4v) is 4.66. The third-order valence-electron chi connectivity index (χ3n) is 6.24. The van der Waals surface area contributed by atoms with Crippen molar-refractivity contribution in [2.24, 2.45) is 11.8 Å². The predicted molar refractivity (Wildman–Crippen MR) is 113 cm³/mol. The van der Waals surface area contributed by atoms with E-state index in [1.54, 1.807) is 12.1 Å². The molecule has 1 heterocycles.